The summed E-state index contributed by atoms with van der Waals surface area (Å²) in [4.78, 5) is 14.5. The molecule has 0 aliphatic carbocycles. The quantitative estimate of drug-likeness (QED) is 0.710. The Labute approximate surface area is 107 Å². The predicted molar refractivity (Wildman–Crippen MR) is 62.3 cm³/mol. The average molecular weight is 266 g/mol. The first kappa shape index (κ1) is 13.0. The summed E-state index contributed by atoms with van der Waals surface area (Å²) in [6, 6.07) is 3.76. The summed E-state index contributed by atoms with van der Waals surface area (Å²) in [5.74, 6) is -1.29. The number of nitrogens with zero attached hydrogens (tertiary/aromatic N) is 2. The van der Waals surface area contributed by atoms with E-state index in [1.165, 1.54) is 12.1 Å². The Balaban J connectivity index is 2.07. The lowest BCUT2D eigenvalue weighted by atomic mass is 10.2. The van der Waals surface area contributed by atoms with Crippen LogP contribution in [0.25, 0.3) is 11.4 Å². The number of hydrogen-bond acceptors (Lipinski definition) is 6. The zero-order valence-corrected chi connectivity index (χ0v) is 9.76. The van der Waals surface area contributed by atoms with Crippen LogP contribution in [0.2, 0.25) is 0 Å². The summed E-state index contributed by atoms with van der Waals surface area (Å²) in [6.07, 6.45) is 0. The number of phenols is 1. The van der Waals surface area contributed by atoms with E-state index in [4.69, 9.17) is 15.4 Å². The van der Waals surface area contributed by atoms with Gasteiger partial charge in [-0.2, -0.15) is 4.98 Å². The molecule has 19 heavy (non-hydrogen) atoms. The molecule has 0 spiro atoms. The molecular formula is C11H11FN4O3. The number of nitrogens with one attached hydrogen (secondary N) is 1. The molecule has 0 radical (unpaired) electrons. The molecule has 0 saturated carbocycles. The predicted octanol–water partition coefficient (Wildman–Crippen LogP) is 0.156. The van der Waals surface area contributed by atoms with Gasteiger partial charge in [0, 0.05) is 5.56 Å². The van der Waals surface area contributed by atoms with E-state index in [2.05, 4.69) is 15.5 Å². The van der Waals surface area contributed by atoms with Gasteiger partial charge in [0.15, 0.2) is 11.6 Å². The molecule has 2 rings (SSSR count). The minimum absolute atomic E-state index is 0.00838. The number of aromatic nitrogens is 2. The van der Waals surface area contributed by atoms with Crippen molar-refractivity contribution in [1.82, 2.24) is 15.5 Å². The SMILES string of the molecule is NC(=O)CNCc1nc(-c2ccc(O)c(F)c2)no1. The van der Waals surface area contributed by atoms with Gasteiger partial charge in [-0.25, -0.2) is 4.39 Å². The molecule has 0 bridgehead atoms. The number of carbonyl (C=O) groups is 1. The van der Waals surface area contributed by atoms with Crippen molar-refractivity contribution in [3.63, 3.8) is 0 Å². The Bertz CT molecular complexity index is 599. The van der Waals surface area contributed by atoms with Gasteiger partial charge in [0.2, 0.25) is 17.6 Å². The van der Waals surface area contributed by atoms with E-state index in [9.17, 15) is 9.18 Å². The van der Waals surface area contributed by atoms with Gasteiger partial charge in [0.25, 0.3) is 0 Å². The van der Waals surface area contributed by atoms with Crippen molar-refractivity contribution >= 4 is 5.91 Å². The molecule has 7 nitrogen and oxygen atoms in total. The third-order valence-electron chi connectivity index (χ3n) is 2.25. The van der Waals surface area contributed by atoms with Crippen LogP contribution in [-0.4, -0.2) is 27.7 Å². The van der Waals surface area contributed by atoms with Crippen molar-refractivity contribution in [2.45, 2.75) is 6.54 Å². The summed E-state index contributed by atoms with van der Waals surface area (Å²) in [7, 11) is 0. The van der Waals surface area contributed by atoms with Gasteiger partial charge in [-0.15, -0.1) is 0 Å². The first-order valence-corrected chi connectivity index (χ1v) is 5.37. The lowest BCUT2D eigenvalue weighted by Crippen LogP contribution is -2.28. The highest BCUT2D eigenvalue weighted by molar-refractivity contribution is 5.75. The number of nitrogens with two attached hydrogens (primary N) is 1. The molecule has 0 aliphatic heterocycles. The van der Waals surface area contributed by atoms with Gasteiger partial charge in [0.1, 0.15) is 0 Å². The van der Waals surface area contributed by atoms with Crippen LogP contribution in [0.15, 0.2) is 22.7 Å². The summed E-state index contributed by atoms with van der Waals surface area (Å²) >= 11 is 0. The van der Waals surface area contributed by atoms with Crippen molar-refractivity contribution in [2.75, 3.05) is 6.54 Å². The third kappa shape index (κ3) is 3.26. The minimum Gasteiger partial charge on any atom is -0.505 e. The van der Waals surface area contributed by atoms with Crippen molar-refractivity contribution in [3.8, 4) is 17.1 Å². The standard InChI is InChI=1S/C11H11FN4O3/c12-7-3-6(1-2-8(7)17)11-15-10(19-16-11)5-14-4-9(13)18/h1-3,14,17H,4-5H2,(H2,13,18). The Morgan fingerprint density at radius 1 is 1.53 bits per heavy atom. The second kappa shape index (κ2) is 5.44. The van der Waals surface area contributed by atoms with Gasteiger partial charge in [-0.05, 0) is 18.2 Å². The van der Waals surface area contributed by atoms with Gasteiger partial charge in [-0.3, -0.25) is 10.1 Å². The van der Waals surface area contributed by atoms with Crippen LogP contribution in [-0.2, 0) is 11.3 Å². The molecule has 8 heteroatoms. The number of hydrogen-bond donors (Lipinski definition) is 3. The number of primary amides is 1. The van der Waals surface area contributed by atoms with Crippen LogP contribution in [0, 0.1) is 5.82 Å². The van der Waals surface area contributed by atoms with Crippen molar-refractivity contribution in [3.05, 3.63) is 29.9 Å². The highest BCUT2D eigenvalue weighted by atomic mass is 19.1. The molecule has 0 aliphatic rings. The van der Waals surface area contributed by atoms with Gasteiger partial charge in [-0.1, -0.05) is 5.16 Å². The van der Waals surface area contributed by atoms with Crippen LogP contribution in [0.1, 0.15) is 5.89 Å². The normalized spacial score (nSPS) is 10.6. The van der Waals surface area contributed by atoms with Crippen molar-refractivity contribution in [1.29, 1.82) is 0 Å². The fourth-order valence-electron chi connectivity index (χ4n) is 1.38. The smallest absolute Gasteiger partial charge is 0.240 e. The number of rotatable bonds is 5. The number of halogens is 1. The van der Waals surface area contributed by atoms with Gasteiger partial charge in [0.05, 0.1) is 13.1 Å². The summed E-state index contributed by atoms with van der Waals surface area (Å²) in [6.45, 7) is 0.169. The minimum atomic E-state index is -0.768. The molecular weight excluding hydrogens is 255 g/mol. The monoisotopic (exact) mass is 266 g/mol. The molecule has 100 valence electrons. The van der Waals surface area contributed by atoms with E-state index in [1.807, 2.05) is 0 Å². The van der Waals surface area contributed by atoms with Crippen LogP contribution in [0.5, 0.6) is 5.75 Å². The van der Waals surface area contributed by atoms with Crippen LogP contribution >= 0.6 is 0 Å². The number of phenolic OH excluding ortho intramolecular Hbond substituents is 1. The molecule has 0 unspecified atom stereocenters. The molecule has 0 fully saturated rings. The molecule has 1 heterocycles. The van der Waals surface area contributed by atoms with E-state index >= 15 is 0 Å². The molecule has 2 aromatic rings. The van der Waals surface area contributed by atoms with Gasteiger partial charge >= 0.3 is 0 Å². The Kier molecular flexibility index (Phi) is 3.71. The molecule has 4 N–H and O–H groups in total. The molecule has 1 amide bonds. The van der Waals surface area contributed by atoms with E-state index in [0.717, 1.165) is 6.07 Å². The number of aromatic hydroxyl groups is 1. The van der Waals surface area contributed by atoms with E-state index in [-0.39, 0.29) is 24.8 Å². The molecule has 1 aromatic carbocycles. The van der Waals surface area contributed by atoms with Crippen molar-refractivity contribution in [2.24, 2.45) is 5.73 Å². The fraction of sp³-hybridized carbons (Fsp3) is 0.182. The summed E-state index contributed by atoms with van der Waals surface area (Å²) in [5, 5.41) is 15.4. The second-order valence-corrected chi connectivity index (χ2v) is 3.75. The maximum Gasteiger partial charge on any atom is 0.240 e. The lowest BCUT2D eigenvalue weighted by molar-refractivity contribution is -0.117. The summed E-state index contributed by atoms with van der Waals surface area (Å²) in [5.41, 5.74) is 5.33. The van der Waals surface area contributed by atoms with Crippen LogP contribution < -0.4 is 11.1 Å². The maximum atomic E-state index is 13.2. The first-order valence-electron chi connectivity index (χ1n) is 5.37. The molecule has 1 aromatic heterocycles. The highest BCUT2D eigenvalue weighted by Gasteiger charge is 2.10. The number of benzene rings is 1. The largest absolute Gasteiger partial charge is 0.505 e. The van der Waals surface area contributed by atoms with Crippen molar-refractivity contribution < 1.29 is 18.8 Å². The first-order chi connectivity index (χ1) is 9.06. The molecule has 0 atom stereocenters. The zero-order valence-electron chi connectivity index (χ0n) is 9.76. The topological polar surface area (TPSA) is 114 Å². The Morgan fingerprint density at radius 3 is 3.00 bits per heavy atom. The van der Waals surface area contributed by atoms with Gasteiger partial charge < -0.3 is 15.4 Å². The van der Waals surface area contributed by atoms with Crippen LogP contribution in [0.3, 0.4) is 0 Å². The lowest BCUT2D eigenvalue weighted by Gasteiger charge is -1.97. The van der Waals surface area contributed by atoms with E-state index in [1.54, 1.807) is 0 Å². The fourth-order valence-corrected chi connectivity index (χ4v) is 1.38. The third-order valence-corrected chi connectivity index (χ3v) is 2.25. The molecule has 0 saturated heterocycles. The number of amides is 1. The number of carbonyl (C=O) groups excluding carboxylic acids is 1. The van der Waals surface area contributed by atoms with E-state index in [0.29, 0.717) is 5.56 Å². The highest BCUT2D eigenvalue weighted by Crippen LogP contribution is 2.22. The van der Waals surface area contributed by atoms with E-state index < -0.39 is 17.5 Å². The van der Waals surface area contributed by atoms with Crippen LogP contribution in [0.4, 0.5) is 4.39 Å². The zero-order chi connectivity index (χ0) is 13.8. The Morgan fingerprint density at radius 2 is 2.32 bits per heavy atom. The Hall–Kier alpha value is -2.48. The second-order valence-electron chi connectivity index (χ2n) is 3.75. The summed E-state index contributed by atoms with van der Waals surface area (Å²) < 4.78 is 18.1. The maximum absolute atomic E-state index is 13.2. The average Bonchev–Trinajstić information content (AvgIpc) is 2.81.